The van der Waals surface area contributed by atoms with Crippen LogP contribution in [0.2, 0.25) is 0 Å². The number of aliphatic imine (C=N–C) groups is 1. The van der Waals surface area contributed by atoms with E-state index in [1.807, 2.05) is 66.7 Å². The first-order chi connectivity index (χ1) is 19.8. The molecule has 5 heteroatoms. The summed E-state index contributed by atoms with van der Waals surface area (Å²) >= 11 is 0. The minimum absolute atomic E-state index is 0.487. The van der Waals surface area contributed by atoms with Crippen molar-refractivity contribution in [1.82, 2.24) is 0 Å². The maximum Gasteiger partial charge on any atom is 0.184 e. The number of aryl methyl sites for hydroxylation is 2. The number of aldehydes is 1. The maximum absolute atomic E-state index is 10.3. The average molecular weight is 589 g/mol. The van der Waals surface area contributed by atoms with E-state index in [4.69, 9.17) is 10.00 Å². The van der Waals surface area contributed by atoms with Crippen LogP contribution >= 0.6 is 0 Å². The van der Waals surface area contributed by atoms with Crippen LogP contribution in [0.4, 0.5) is 0 Å². The highest BCUT2D eigenvalue weighted by Crippen LogP contribution is 2.16. The SMILES string of the molecule is C=C/C(C#N)=C(/C)N=C(C)OCC(CC)CCCC.CC.CC.CCC(C)(C)C.COC.Cc1ccc(C=O)cc1C. The fourth-order valence-corrected chi connectivity index (χ4v) is 2.58. The van der Waals surface area contributed by atoms with Crippen LogP contribution in [0.3, 0.4) is 0 Å². The highest BCUT2D eigenvalue weighted by Gasteiger charge is 2.07. The van der Waals surface area contributed by atoms with Crippen LogP contribution in [0.25, 0.3) is 0 Å². The predicted molar refractivity (Wildman–Crippen MR) is 188 cm³/mol. The third kappa shape index (κ3) is 33.5. The Bertz CT molecular complexity index is 872. The summed E-state index contributed by atoms with van der Waals surface area (Å²) in [6.07, 6.45) is 8.44. The summed E-state index contributed by atoms with van der Waals surface area (Å²) in [6, 6.07) is 7.74. The van der Waals surface area contributed by atoms with Crippen molar-refractivity contribution in [3.63, 3.8) is 0 Å². The molecule has 0 aliphatic heterocycles. The molecule has 1 aromatic carbocycles. The molecule has 0 fully saturated rings. The summed E-state index contributed by atoms with van der Waals surface area (Å²) in [5, 5.41) is 8.87. The molecule has 0 N–H and O–H groups in total. The Hall–Kier alpha value is -2.71. The van der Waals surface area contributed by atoms with Gasteiger partial charge in [-0.25, -0.2) is 4.99 Å². The summed E-state index contributed by atoms with van der Waals surface area (Å²) in [7, 11) is 3.25. The van der Waals surface area contributed by atoms with Crippen molar-refractivity contribution in [1.29, 1.82) is 5.26 Å². The topological polar surface area (TPSA) is 71.7 Å². The van der Waals surface area contributed by atoms with Crippen molar-refractivity contribution < 1.29 is 14.3 Å². The van der Waals surface area contributed by atoms with Gasteiger partial charge in [0.05, 0.1) is 17.9 Å². The zero-order valence-electron chi connectivity index (χ0n) is 30.5. The first kappa shape index (κ1) is 49.0. The summed E-state index contributed by atoms with van der Waals surface area (Å²) in [6.45, 7) is 33.3. The van der Waals surface area contributed by atoms with Crippen LogP contribution in [0.15, 0.2) is 47.1 Å². The number of nitrogens with zero attached hydrogens (tertiary/aromatic N) is 2. The van der Waals surface area contributed by atoms with Crippen molar-refractivity contribution in [2.45, 2.75) is 129 Å². The summed E-state index contributed by atoms with van der Waals surface area (Å²) in [5.74, 6) is 1.20. The molecule has 0 aromatic heterocycles. The molecule has 5 nitrogen and oxygen atoms in total. The second kappa shape index (κ2) is 34.5. The highest BCUT2D eigenvalue weighted by atomic mass is 16.5. The van der Waals surface area contributed by atoms with E-state index in [1.54, 1.807) is 21.1 Å². The normalized spacial score (nSPS) is 11.2. The third-order valence-electron chi connectivity index (χ3n) is 5.84. The van der Waals surface area contributed by atoms with Gasteiger partial charge in [0.15, 0.2) is 5.90 Å². The second-order valence-corrected chi connectivity index (χ2v) is 10.5. The van der Waals surface area contributed by atoms with E-state index in [-0.39, 0.29) is 0 Å². The number of ether oxygens (including phenoxy) is 2. The number of allylic oxidation sites excluding steroid dienone is 3. The number of benzene rings is 1. The largest absolute Gasteiger partial charge is 0.481 e. The zero-order chi connectivity index (χ0) is 34.1. The molecule has 0 aliphatic rings. The van der Waals surface area contributed by atoms with Crippen molar-refractivity contribution >= 4 is 12.2 Å². The molecule has 1 atom stereocenters. The number of nitriles is 1. The van der Waals surface area contributed by atoms with Gasteiger partial charge >= 0.3 is 0 Å². The minimum Gasteiger partial charge on any atom is -0.481 e. The van der Waals surface area contributed by atoms with Crippen molar-refractivity contribution in [2.24, 2.45) is 16.3 Å². The Labute approximate surface area is 262 Å². The van der Waals surface area contributed by atoms with Gasteiger partial charge in [-0.15, -0.1) is 0 Å². The van der Waals surface area contributed by atoms with Crippen LogP contribution in [-0.2, 0) is 9.47 Å². The fraction of sp³-hybridized carbons (Fsp3) is 0.649. The van der Waals surface area contributed by atoms with Gasteiger partial charge in [0, 0.05) is 26.7 Å². The molecule has 0 spiro atoms. The first-order valence-electron chi connectivity index (χ1n) is 15.6. The van der Waals surface area contributed by atoms with Crippen LogP contribution in [0.1, 0.15) is 137 Å². The number of rotatable bonds is 9. The van der Waals surface area contributed by atoms with Gasteiger partial charge in [0.2, 0.25) is 0 Å². The monoisotopic (exact) mass is 589 g/mol. The standard InChI is InChI=1S/C16H26N2O.C9H10O.C6H14.C2H6O.2C2H6/c1-6-9-10-15(7-2)12-19-14(5)18-13(4)16(8-3)11-17;1-7-3-4-9(6-10)5-8(7)2;1-5-6(2,3)4;1-3-2;2*1-2/h8,15H,3,6-7,9-10,12H2,1-2,4-5H3;3-6H,1-2H3;5H2,1-4H3;1-2H3;2*1-2H3/b16-13+,18-14?;;;;;. The van der Waals surface area contributed by atoms with Crippen LogP contribution in [0.5, 0.6) is 0 Å². The number of hydrogen-bond acceptors (Lipinski definition) is 5. The van der Waals surface area contributed by atoms with E-state index < -0.39 is 0 Å². The van der Waals surface area contributed by atoms with E-state index in [1.165, 1.54) is 42.9 Å². The Balaban J connectivity index is -0.000000165. The van der Waals surface area contributed by atoms with Crippen LogP contribution in [-0.4, -0.2) is 33.0 Å². The molecule has 0 radical (unpaired) electrons. The fourth-order valence-electron chi connectivity index (χ4n) is 2.58. The van der Waals surface area contributed by atoms with Crippen LogP contribution < -0.4 is 0 Å². The van der Waals surface area contributed by atoms with E-state index in [9.17, 15) is 4.79 Å². The molecule has 0 aliphatic carbocycles. The van der Waals surface area contributed by atoms with Gasteiger partial charge < -0.3 is 9.47 Å². The summed E-state index contributed by atoms with van der Waals surface area (Å²) in [5.41, 5.74) is 4.83. The second-order valence-electron chi connectivity index (χ2n) is 10.5. The number of carbonyl (C=O) groups is 1. The molecule has 1 aromatic rings. The molecule has 244 valence electrons. The molecule has 42 heavy (non-hydrogen) atoms. The molecule has 0 saturated heterocycles. The van der Waals surface area contributed by atoms with Crippen molar-refractivity contribution in [2.75, 3.05) is 20.8 Å². The lowest BCUT2D eigenvalue weighted by molar-refractivity contribution is 0.112. The predicted octanol–water partition coefficient (Wildman–Crippen LogP) is 11.5. The first-order valence-corrected chi connectivity index (χ1v) is 15.6. The maximum atomic E-state index is 10.3. The molecule has 1 unspecified atom stereocenters. The summed E-state index contributed by atoms with van der Waals surface area (Å²) in [4.78, 5) is 14.6. The van der Waals surface area contributed by atoms with Gasteiger partial charge in [-0.3, -0.25) is 4.79 Å². The van der Waals surface area contributed by atoms with Crippen LogP contribution in [0, 0.1) is 36.5 Å². The number of carbonyl (C=O) groups excluding carboxylic acids is 1. The Morgan fingerprint density at radius 1 is 1.05 bits per heavy atom. The zero-order valence-corrected chi connectivity index (χ0v) is 30.5. The Kier molecular flexibility index (Phi) is 40.2. The minimum atomic E-state index is 0.487. The van der Waals surface area contributed by atoms with E-state index >= 15 is 0 Å². The molecular formula is C37H68N2O3. The van der Waals surface area contributed by atoms with Crippen molar-refractivity contribution in [3.05, 3.63) is 58.8 Å². The number of hydrogen-bond donors (Lipinski definition) is 0. The smallest absolute Gasteiger partial charge is 0.184 e. The van der Waals surface area contributed by atoms with Gasteiger partial charge in [0.1, 0.15) is 12.4 Å². The Morgan fingerprint density at radius 3 is 1.88 bits per heavy atom. The molecule has 0 heterocycles. The van der Waals surface area contributed by atoms with Gasteiger partial charge in [-0.1, -0.05) is 114 Å². The lowest BCUT2D eigenvalue weighted by Crippen LogP contribution is -2.12. The lowest BCUT2D eigenvalue weighted by atomic mass is 9.94. The van der Waals surface area contributed by atoms with E-state index in [2.05, 4.69) is 63.9 Å². The van der Waals surface area contributed by atoms with Gasteiger partial charge in [0.25, 0.3) is 0 Å². The summed E-state index contributed by atoms with van der Waals surface area (Å²) < 4.78 is 9.92. The molecule has 1 rings (SSSR count). The quantitative estimate of drug-likeness (QED) is 0.0945. The number of unbranched alkanes of at least 4 members (excludes halogenated alkanes) is 1. The van der Waals surface area contributed by atoms with E-state index in [0.29, 0.717) is 35.1 Å². The van der Waals surface area contributed by atoms with Gasteiger partial charge in [-0.2, -0.15) is 5.26 Å². The Morgan fingerprint density at radius 2 is 1.55 bits per heavy atom. The lowest BCUT2D eigenvalue weighted by Gasteiger charge is -2.15. The molecule has 0 saturated carbocycles. The molecular weight excluding hydrogens is 520 g/mol. The van der Waals surface area contributed by atoms with E-state index in [0.717, 1.165) is 18.3 Å². The highest BCUT2D eigenvalue weighted by molar-refractivity contribution is 5.75. The number of methoxy groups -OCH3 is 1. The average Bonchev–Trinajstić information content (AvgIpc) is 2.98. The third-order valence-corrected chi connectivity index (χ3v) is 5.84. The van der Waals surface area contributed by atoms with Gasteiger partial charge in [-0.05, 0) is 61.8 Å². The van der Waals surface area contributed by atoms with Crippen molar-refractivity contribution in [3.8, 4) is 6.07 Å². The molecule has 0 bridgehead atoms. The molecule has 0 amide bonds.